The Hall–Kier alpha value is -3.23. The molecule has 4 nitrogen and oxygen atoms in total. The van der Waals surface area contributed by atoms with Crippen molar-refractivity contribution in [1.82, 2.24) is 4.98 Å². The van der Waals surface area contributed by atoms with E-state index in [0.717, 1.165) is 39.6 Å². The van der Waals surface area contributed by atoms with E-state index in [1.165, 1.54) is 7.11 Å². The number of ketones is 1. The van der Waals surface area contributed by atoms with Crippen LogP contribution < -0.4 is 4.74 Å². The summed E-state index contributed by atoms with van der Waals surface area (Å²) in [5.41, 5.74) is 8.70. The van der Waals surface area contributed by atoms with E-state index in [-0.39, 0.29) is 11.5 Å². The molecule has 0 saturated heterocycles. The van der Waals surface area contributed by atoms with Crippen molar-refractivity contribution in [3.05, 3.63) is 64.4 Å². The van der Waals surface area contributed by atoms with Gasteiger partial charge in [0.2, 0.25) is 5.78 Å². The van der Waals surface area contributed by atoms with E-state index in [4.69, 9.17) is 4.74 Å². The molecule has 1 aromatic heterocycles. The van der Waals surface area contributed by atoms with Gasteiger partial charge in [0, 0.05) is 22.0 Å². The van der Waals surface area contributed by atoms with Crippen molar-refractivity contribution >= 4 is 30.8 Å². The quantitative estimate of drug-likeness (QED) is 0.338. The number of aromatic hydroxyl groups is 1. The number of phenols is 1. The fourth-order valence-electron chi connectivity index (χ4n) is 3.70. The molecular weight excluding hydrogens is 390 g/mol. The predicted octanol–water partition coefficient (Wildman–Crippen LogP) is 5.32. The van der Waals surface area contributed by atoms with Crippen molar-refractivity contribution in [2.75, 3.05) is 7.11 Å². The van der Waals surface area contributed by atoms with Gasteiger partial charge in [-0.3, -0.25) is 4.79 Å². The molecule has 152 valence electrons. The maximum absolute atomic E-state index is 13.2. The molecular formula is C25H25NO3Si. The van der Waals surface area contributed by atoms with E-state index in [0.29, 0.717) is 17.9 Å². The summed E-state index contributed by atoms with van der Waals surface area (Å²) < 4.78 is 5.17. The number of carbonyl (C=O) groups excluding carboxylic acids is 1. The van der Waals surface area contributed by atoms with Crippen LogP contribution >= 0.6 is 0 Å². The third kappa shape index (κ3) is 3.92. The third-order valence-corrected chi connectivity index (χ3v) is 6.07. The first kappa shape index (κ1) is 20.1. The lowest BCUT2D eigenvalue weighted by Gasteiger charge is -2.14. The number of methoxy groups -OCH3 is 1. The van der Waals surface area contributed by atoms with Crippen LogP contribution in [0.15, 0.2) is 42.0 Å². The molecule has 1 heterocycles. The summed E-state index contributed by atoms with van der Waals surface area (Å²) in [7, 11) is 0.0679. The normalized spacial score (nSPS) is 15.1. The number of allylic oxidation sites excluding steroid dienone is 1. The largest absolute Gasteiger partial charge is 0.504 e. The molecule has 0 fully saturated rings. The summed E-state index contributed by atoms with van der Waals surface area (Å²) in [5.74, 6) is 3.81. The number of H-pyrrole nitrogens is 1. The number of phenolic OH excluding ortho intramolecular Hbond substituents is 1. The number of ether oxygens (including phenoxy) is 1. The van der Waals surface area contributed by atoms with Crippen LogP contribution in [-0.4, -0.2) is 31.1 Å². The summed E-state index contributed by atoms with van der Waals surface area (Å²) in [6.45, 7) is 6.69. The molecule has 0 amide bonds. The third-order valence-electron chi connectivity index (χ3n) is 5.20. The van der Waals surface area contributed by atoms with Crippen LogP contribution in [0.4, 0.5) is 0 Å². The number of hydrogen-bond acceptors (Lipinski definition) is 3. The molecule has 0 spiro atoms. The van der Waals surface area contributed by atoms with Crippen molar-refractivity contribution in [2.24, 2.45) is 0 Å². The maximum Gasteiger partial charge on any atom is 0.205 e. The SMILES string of the molecule is COc1cc(/C=C2\CCc3c([nH]c4ccc(C#C[Si](C)(C)C)cc34)C2=O)ccc1O. The Morgan fingerprint density at radius 2 is 1.93 bits per heavy atom. The van der Waals surface area contributed by atoms with Gasteiger partial charge in [0.05, 0.1) is 12.8 Å². The monoisotopic (exact) mass is 415 g/mol. The summed E-state index contributed by atoms with van der Waals surface area (Å²) in [6.07, 6.45) is 3.35. The molecule has 30 heavy (non-hydrogen) atoms. The van der Waals surface area contributed by atoms with Gasteiger partial charge >= 0.3 is 0 Å². The van der Waals surface area contributed by atoms with E-state index < -0.39 is 8.07 Å². The Balaban J connectivity index is 1.70. The van der Waals surface area contributed by atoms with Crippen molar-refractivity contribution < 1.29 is 14.6 Å². The zero-order valence-corrected chi connectivity index (χ0v) is 18.7. The van der Waals surface area contributed by atoms with Gasteiger partial charge in [-0.15, -0.1) is 5.54 Å². The van der Waals surface area contributed by atoms with Crippen LogP contribution in [0.25, 0.3) is 17.0 Å². The van der Waals surface area contributed by atoms with Crippen LogP contribution in [0, 0.1) is 11.5 Å². The molecule has 0 saturated carbocycles. The summed E-state index contributed by atoms with van der Waals surface area (Å²) >= 11 is 0. The second kappa shape index (κ2) is 7.55. The molecule has 0 unspecified atom stereocenters. The Labute approximate surface area is 177 Å². The average molecular weight is 416 g/mol. The standard InChI is InChI=1S/C25H25NO3Si/c1-29-23-15-17(6-10-22(23)27)13-18-7-8-19-20-14-16(11-12-30(2,3)4)5-9-21(20)26-24(19)25(18)28/h5-6,9-10,13-15,26-27H,7-8H2,1-4H3/b18-13+. The van der Waals surface area contributed by atoms with Crippen LogP contribution in [0.3, 0.4) is 0 Å². The number of nitrogens with one attached hydrogen (secondary N) is 1. The van der Waals surface area contributed by atoms with E-state index in [2.05, 4.69) is 42.2 Å². The summed E-state index contributed by atoms with van der Waals surface area (Å²) in [6, 6.07) is 11.2. The smallest absolute Gasteiger partial charge is 0.205 e. The number of Topliss-reactive ketones (excluding diaryl/α,β-unsaturated/α-hetero) is 1. The van der Waals surface area contributed by atoms with Crippen LogP contribution in [0.2, 0.25) is 19.6 Å². The van der Waals surface area contributed by atoms with E-state index >= 15 is 0 Å². The number of aryl methyl sites for hydroxylation is 1. The topological polar surface area (TPSA) is 62.3 Å². The predicted molar refractivity (Wildman–Crippen MR) is 124 cm³/mol. The Bertz CT molecular complexity index is 1250. The van der Waals surface area contributed by atoms with E-state index in [9.17, 15) is 9.90 Å². The van der Waals surface area contributed by atoms with Gasteiger partial charge in [-0.25, -0.2) is 0 Å². The molecule has 0 bridgehead atoms. The molecule has 4 rings (SSSR count). The van der Waals surface area contributed by atoms with Gasteiger partial charge in [0.1, 0.15) is 8.07 Å². The zero-order chi connectivity index (χ0) is 21.5. The minimum absolute atomic E-state index is 0.0224. The molecule has 0 atom stereocenters. The minimum Gasteiger partial charge on any atom is -0.504 e. The van der Waals surface area contributed by atoms with E-state index in [1.54, 1.807) is 18.2 Å². The van der Waals surface area contributed by atoms with Crippen molar-refractivity contribution in [3.8, 4) is 23.0 Å². The highest BCUT2D eigenvalue weighted by atomic mass is 28.3. The highest BCUT2D eigenvalue weighted by Gasteiger charge is 2.26. The molecule has 5 heteroatoms. The first-order valence-electron chi connectivity index (χ1n) is 10.1. The molecule has 2 N–H and O–H groups in total. The number of aromatic amines is 1. The van der Waals surface area contributed by atoms with Crippen LogP contribution in [0.1, 0.15) is 33.6 Å². The molecule has 0 radical (unpaired) electrons. The number of aromatic nitrogens is 1. The average Bonchev–Trinajstić information content (AvgIpc) is 3.08. The molecule has 1 aliphatic carbocycles. The Morgan fingerprint density at radius 1 is 1.13 bits per heavy atom. The first-order chi connectivity index (χ1) is 14.2. The summed E-state index contributed by atoms with van der Waals surface area (Å²) in [5, 5.41) is 10.9. The van der Waals surface area contributed by atoms with Crippen LogP contribution in [0.5, 0.6) is 11.5 Å². The van der Waals surface area contributed by atoms with Gasteiger partial charge in [-0.1, -0.05) is 31.6 Å². The molecule has 2 aromatic carbocycles. The summed E-state index contributed by atoms with van der Waals surface area (Å²) in [4.78, 5) is 16.5. The second-order valence-electron chi connectivity index (χ2n) is 8.67. The van der Waals surface area contributed by atoms with E-state index in [1.807, 2.05) is 18.2 Å². The van der Waals surface area contributed by atoms with Crippen molar-refractivity contribution in [1.29, 1.82) is 0 Å². The van der Waals surface area contributed by atoms with Crippen molar-refractivity contribution in [3.63, 3.8) is 0 Å². The van der Waals surface area contributed by atoms with Gasteiger partial charge < -0.3 is 14.8 Å². The lowest BCUT2D eigenvalue weighted by Crippen LogP contribution is -2.16. The highest BCUT2D eigenvalue weighted by molar-refractivity contribution is 6.83. The molecule has 0 aliphatic heterocycles. The maximum atomic E-state index is 13.2. The first-order valence-corrected chi connectivity index (χ1v) is 13.6. The Kier molecular flexibility index (Phi) is 5.04. The van der Waals surface area contributed by atoms with Gasteiger partial charge in [-0.05, 0) is 60.4 Å². The zero-order valence-electron chi connectivity index (χ0n) is 17.7. The number of hydrogen-bond donors (Lipinski definition) is 2. The van der Waals surface area contributed by atoms with Gasteiger partial charge in [-0.2, -0.15) is 0 Å². The Morgan fingerprint density at radius 3 is 2.67 bits per heavy atom. The number of carbonyl (C=O) groups is 1. The fraction of sp³-hybridized carbons (Fsp3) is 0.240. The van der Waals surface area contributed by atoms with Gasteiger partial charge in [0.15, 0.2) is 11.5 Å². The number of rotatable bonds is 2. The molecule has 1 aliphatic rings. The van der Waals surface area contributed by atoms with Gasteiger partial charge in [0.25, 0.3) is 0 Å². The lowest BCUT2D eigenvalue weighted by molar-refractivity contribution is 0.102. The number of benzene rings is 2. The highest BCUT2D eigenvalue weighted by Crippen LogP contribution is 2.34. The van der Waals surface area contributed by atoms with Crippen molar-refractivity contribution in [2.45, 2.75) is 32.5 Å². The second-order valence-corrected chi connectivity index (χ2v) is 13.4. The number of fused-ring (bicyclic) bond motifs is 3. The fourth-order valence-corrected chi connectivity index (χ4v) is 4.21. The minimum atomic E-state index is -1.44. The lowest BCUT2D eigenvalue weighted by atomic mass is 9.89. The van der Waals surface area contributed by atoms with Crippen LogP contribution in [-0.2, 0) is 6.42 Å². The molecule has 3 aromatic rings.